The summed E-state index contributed by atoms with van der Waals surface area (Å²) in [5.41, 5.74) is 0. The van der Waals surface area contributed by atoms with E-state index in [0.717, 1.165) is 5.92 Å². The minimum atomic E-state index is -2.82. The fraction of sp³-hybridized carbons (Fsp3) is 1.00. The van der Waals surface area contributed by atoms with Crippen LogP contribution < -0.4 is 0 Å². The van der Waals surface area contributed by atoms with Crippen LogP contribution in [0.4, 0.5) is 0 Å². The van der Waals surface area contributed by atoms with Crippen molar-refractivity contribution >= 4 is 18.8 Å². The fourth-order valence-electron chi connectivity index (χ4n) is 1.99. The third-order valence-electron chi connectivity index (χ3n) is 2.92. The minimum Gasteiger partial charge on any atom is -0.400 e. The quantitative estimate of drug-likeness (QED) is 0.363. The summed E-state index contributed by atoms with van der Waals surface area (Å²) in [6.45, 7) is 12.2. The number of hydrogen-bond donors (Lipinski definition) is 0. The summed E-state index contributed by atoms with van der Waals surface area (Å²) in [7, 11) is -3.43. The first-order valence-corrected chi connectivity index (χ1v) is 11.4. The van der Waals surface area contributed by atoms with Crippen molar-refractivity contribution < 1.29 is 17.4 Å². The maximum absolute atomic E-state index is 5.99. The van der Waals surface area contributed by atoms with Gasteiger partial charge < -0.3 is 17.4 Å². The lowest BCUT2D eigenvalue weighted by molar-refractivity contribution is 0.0105. The molecule has 0 fully saturated rings. The van der Waals surface area contributed by atoms with Crippen LogP contribution >= 0.6 is 0 Å². The molecule has 0 saturated heterocycles. The molecule has 0 bridgehead atoms. The average molecular weight is 323 g/mol. The van der Waals surface area contributed by atoms with Crippen LogP contribution in [0.25, 0.3) is 0 Å². The van der Waals surface area contributed by atoms with Gasteiger partial charge >= 0.3 is 9.05 Å². The Kier molecular flexibility index (Phi) is 13.2. The smallest absolute Gasteiger partial charge is 0.400 e. The van der Waals surface area contributed by atoms with Crippen LogP contribution in [-0.4, -0.2) is 38.6 Å². The molecule has 0 aromatic heterocycles. The van der Waals surface area contributed by atoms with E-state index in [1.54, 1.807) is 0 Å². The van der Waals surface area contributed by atoms with Crippen LogP contribution in [-0.2, 0) is 17.4 Å². The van der Waals surface area contributed by atoms with Gasteiger partial charge in [-0.15, -0.1) is 0 Å². The molecule has 0 rings (SSSR count). The van der Waals surface area contributed by atoms with E-state index in [4.69, 9.17) is 17.4 Å². The maximum Gasteiger partial charge on any atom is 0.668 e. The van der Waals surface area contributed by atoms with Crippen molar-refractivity contribution in [2.75, 3.05) is 19.8 Å². The normalized spacial score (nSPS) is 12.9. The molecule has 0 aliphatic carbocycles. The monoisotopic (exact) mass is 322 g/mol. The third kappa shape index (κ3) is 10.1. The molecule has 0 radical (unpaired) electrons. The molecule has 0 aromatic carbocycles. The second kappa shape index (κ2) is 13.0. The Labute approximate surface area is 129 Å². The third-order valence-corrected chi connectivity index (χ3v) is 7.86. The van der Waals surface area contributed by atoms with E-state index in [1.807, 2.05) is 20.8 Å². The van der Waals surface area contributed by atoms with E-state index in [0.29, 0.717) is 19.8 Å². The van der Waals surface area contributed by atoms with E-state index in [1.165, 1.54) is 31.7 Å². The predicted octanol–water partition coefficient (Wildman–Crippen LogP) is 3.27. The number of hydrogen-bond acceptors (Lipinski definition) is 4. The Bertz CT molecular complexity index is 198. The van der Waals surface area contributed by atoms with Crippen molar-refractivity contribution in [1.29, 1.82) is 0 Å². The fourth-order valence-corrected chi connectivity index (χ4v) is 6.43. The van der Waals surface area contributed by atoms with Crippen LogP contribution in [0, 0.1) is 5.92 Å². The number of unbranched alkanes of at least 4 members (excludes halogenated alkanes) is 2. The first-order chi connectivity index (χ1) is 9.60. The summed E-state index contributed by atoms with van der Waals surface area (Å²) in [5.74, 6) is 0.817. The highest BCUT2D eigenvalue weighted by atomic mass is 28.4. The SMILES string of the molecule is CCO[Si](OCC)(OCC)O[SiH2]CCCCCC(C)C. The minimum absolute atomic E-state index is 0.578. The predicted molar refractivity (Wildman–Crippen MR) is 88.4 cm³/mol. The van der Waals surface area contributed by atoms with Crippen LogP contribution in [0.3, 0.4) is 0 Å². The van der Waals surface area contributed by atoms with Gasteiger partial charge in [0, 0.05) is 19.8 Å². The van der Waals surface area contributed by atoms with Crippen LogP contribution in [0.2, 0.25) is 6.04 Å². The first kappa shape index (κ1) is 20.3. The number of rotatable bonds is 14. The van der Waals surface area contributed by atoms with E-state index in [2.05, 4.69) is 13.8 Å². The Hall–Kier alpha value is 0.274. The van der Waals surface area contributed by atoms with Crippen molar-refractivity contribution in [1.82, 2.24) is 0 Å². The van der Waals surface area contributed by atoms with Crippen molar-refractivity contribution in [2.45, 2.75) is 66.3 Å². The molecule has 0 saturated carbocycles. The van der Waals surface area contributed by atoms with E-state index in [9.17, 15) is 0 Å². The molecule has 0 unspecified atom stereocenters. The Morgan fingerprint density at radius 3 is 1.85 bits per heavy atom. The Morgan fingerprint density at radius 1 is 0.850 bits per heavy atom. The van der Waals surface area contributed by atoms with Gasteiger partial charge in [0.1, 0.15) is 0 Å². The zero-order chi connectivity index (χ0) is 15.3. The second-order valence-corrected chi connectivity index (χ2v) is 9.38. The van der Waals surface area contributed by atoms with Gasteiger partial charge in [0.05, 0.1) is 0 Å². The molecule has 4 nitrogen and oxygen atoms in total. The topological polar surface area (TPSA) is 36.9 Å². The summed E-state index contributed by atoms with van der Waals surface area (Å²) in [4.78, 5) is 0. The van der Waals surface area contributed by atoms with Gasteiger partial charge in [0.25, 0.3) is 0 Å². The standard InChI is InChI=1S/C14H34O4Si2/c1-6-15-20(16-7-2,17-8-3)18-19-13-11-9-10-12-14(4)5/h14H,6-13,19H2,1-5H3. The highest BCUT2D eigenvalue weighted by molar-refractivity contribution is 6.60. The summed E-state index contributed by atoms with van der Waals surface area (Å²) in [6, 6.07) is 1.18. The molecule has 6 heteroatoms. The van der Waals surface area contributed by atoms with Gasteiger partial charge in [-0.25, -0.2) is 0 Å². The molecule has 0 heterocycles. The molecule has 0 aromatic rings. The summed E-state index contributed by atoms with van der Waals surface area (Å²) >= 11 is 0. The van der Waals surface area contributed by atoms with E-state index >= 15 is 0 Å². The van der Waals surface area contributed by atoms with Crippen molar-refractivity contribution in [2.24, 2.45) is 5.92 Å². The molecule has 0 atom stereocenters. The zero-order valence-corrected chi connectivity index (χ0v) is 16.5. The first-order valence-electron chi connectivity index (χ1n) is 8.16. The van der Waals surface area contributed by atoms with Crippen LogP contribution in [0.5, 0.6) is 0 Å². The largest absolute Gasteiger partial charge is 0.668 e. The van der Waals surface area contributed by atoms with Gasteiger partial charge in [-0.2, -0.15) is 0 Å². The molecular weight excluding hydrogens is 288 g/mol. The Morgan fingerprint density at radius 2 is 1.40 bits per heavy atom. The molecule has 0 amide bonds. The van der Waals surface area contributed by atoms with Crippen LogP contribution in [0.1, 0.15) is 60.3 Å². The summed E-state index contributed by atoms with van der Waals surface area (Å²) < 4.78 is 23.0. The van der Waals surface area contributed by atoms with Crippen molar-refractivity contribution in [3.05, 3.63) is 0 Å². The van der Waals surface area contributed by atoms with Crippen LogP contribution in [0.15, 0.2) is 0 Å². The summed E-state index contributed by atoms with van der Waals surface area (Å²) in [6.07, 6.45) is 5.23. The van der Waals surface area contributed by atoms with Gasteiger partial charge in [-0.05, 0) is 32.7 Å². The molecule has 0 aliphatic rings. The van der Waals surface area contributed by atoms with E-state index in [-0.39, 0.29) is 0 Å². The molecule has 0 N–H and O–H groups in total. The average Bonchev–Trinajstić information content (AvgIpc) is 2.38. The Balaban J connectivity index is 3.88. The maximum atomic E-state index is 5.99. The molecule has 0 spiro atoms. The molecule has 0 aliphatic heterocycles. The lowest BCUT2D eigenvalue weighted by Crippen LogP contribution is -2.50. The van der Waals surface area contributed by atoms with Crippen molar-refractivity contribution in [3.63, 3.8) is 0 Å². The highest BCUT2D eigenvalue weighted by Gasteiger charge is 2.43. The van der Waals surface area contributed by atoms with E-state index < -0.39 is 18.8 Å². The van der Waals surface area contributed by atoms with Gasteiger partial charge in [0.15, 0.2) is 9.76 Å². The molecule has 20 heavy (non-hydrogen) atoms. The second-order valence-electron chi connectivity index (χ2n) is 5.24. The van der Waals surface area contributed by atoms with Gasteiger partial charge in [-0.1, -0.05) is 39.5 Å². The lowest BCUT2D eigenvalue weighted by Gasteiger charge is -2.27. The zero-order valence-electron chi connectivity index (χ0n) is 14.1. The van der Waals surface area contributed by atoms with Gasteiger partial charge in [0.2, 0.25) is 0 Å². The molecule has 122 valence electrons. The molecular formula is C14H34O4Si2. The van der Waals surface area contributed by atoms with Crippen molar-refractivity contribution in [3.8, 4) is 0 Å². The lowest BCUT2D eigenvalue weighted by atomic mass is 10.1. The highest BCUT2D eigenvalue weighted by Crippen LogP contribution is 2.14. The summed E-state index contributed by atoms with van der Waals surface area (Å²) in [5, 5.41) is 0. The van der Waals surface area contributed by atoms with Gasteiger partial charge in [-0.3, -0.25) is 0 Å².